The van der Waals surface area contributed by atoms with Gasteiger partial charge in [-0.2, -0.15) is 0 Å². The number of anilines is 1. The molecule has 0 saturated heterocycles. The lowest BCUT2D eigenvalue weighted by atomic mass is 9.87. The van der Waals surface area contributed by atoms with E-state index in [9.17, 15) is 4.79 Å². The average molecular weight is 486 g/mol. The Morgan fingerprint density at radius 2 is 1.78 bits per heavy atom. The van der Waals surface area contributed by atoms with Gasteiger partial charge in [0.15, 0.2) is 5.96 Å². The highest BCUT2D eigenvalue weighted by Crippen LogP contribution is 2.23. The van der Waals surface area contributed by atoms with Gasteiger partial charge in [-0.15, -0.1) is 24.0 Å². The Labute approximate surface area is 181 Å². The molecule has 27 heavy (non-hydrogen) atoms. The molecule has 1 aromatic carbocycles. The van der Waals surface area contributed by atoms with Crippen molar-refractivity contribution in [3.63, 3.8) is 0 Å². The number of amides is 1. The van der Waals surface area contributed by atoms with Gasteiger partial charge in [0, 0.05) is 24.2 Å². The van der Waals surface area contributed by atoms with Gasteiger partial charge in [-0.1, -0.05) is 32.9 Å². The summed E-state index contributed by atoms with van der Waals surface area (Å²) in [5, 5.41) is 9.83. The zero-order valence-electron chi connectivity index (χ0n) is 17.0. The maximum Gasteiger partial charge on any atom is 0.226 e. The number of hydrogen-bond donors (Lipinski definition) is 3. The molecule has 1 aliphatic rings. The molecule has 5 nitrogen and oxygen atoms in total. The Balaban J connectivity index is 0.00000364. The third kappa shape index (κ3) is 8.49. The fraction of sp³-hybridized carbons (Fsp3) is 0.619. The quantitative estimate of drug-likeness (QED) is 0.315. The number of halogens is 1. The van der Waals surface area contributed by atoms with Crippen molar-refractivity contribution in [1.82, 2.24) is 10.6 Å². The molecule has 0 radical (unpaired) electrons. The van der Waals surface area contributed by atoms with E-state index < -0.39 is 0 Å². The number of nitrogens with one attached hydrogen (secondary N) is 3. The first-order valence-corrected chi connectivity index (χ1v) is 9.92. The Morgan fingerprint density at radius 3 is 2.33 bits per heavy atom. The molecule has 1 saturated carbocycles. The minimum Gasteiger partial charge on any atom is -0.357 e. The summed E-state index contributed by atoms with van der Waals surface area (Å²) in [5.74, 6) is 1.76. The van der Waals surface area contributed by atoms with Crippen LogP contribution in [0.2, 0.25) is 0 Å². The molecule has 1 amide bonds. The number of hydrogen-bond acceptors (Lipinski definition) is 2. The first kappa shape index (κ1) is 23.7. The smallest absolute Gasteiger partial charge is 0.226 e. The van der Waals surface area contributed by atoms with Crippen LogP contribution in [0.1, 0.15) is 58.9 Å². The Hall–Kier alpha value is -1.31. The van der Waals surface area contributed by atoms with Crippen molar-refractivity contribution in [3.05, 3.63) is 29.8 Å². The highest BCUT2D eigenvalue weighted by molar-refractivity contribution is 14.0. The van der Waals surface area contributed by atoms with Gasteiger partial charge < -0.3 is 16.0 Å². The normalized spacial score (nSPS) is 20.0. The monoisotopic (exact) mass is 486 g/mol. The van der Waals surface area contributed by atoms with Crippen LogP contribution in [0, 0.1) is 11.8 Å². The molecular formula is C21H35IN4O. The van der Waals surface area contributed by atoms with Gasteiger partial charge in [0.25, 0.3) is 0 Å². The fourth-order valence-electron chi connectivity index (χ4n) is 3.07. The summed E-state index contributed by atoms with van der Waals surface area (Å²) in [6.45, 7) is 9.68. The largest absolute Gasteiger partial charge is 0.357 e. The van der Waals surface area contributed by atoms with Crippen LogP contribution in [0.5, 0.6) is 0 Å². The number of rotatable bonds is 6. The molecule has 0 aliphatic heterocycles. The first-order valence-electron chi connectivity index (χ1n) is 9.92. The Morgan fingerprint density at radius 1 is 1.15 bits per heavy atom. The van der Waals surface area contributed by atoms with E-state index in [1.54, 1.807) is 0 Å². The lowest BCUT2D eigenvalue weighted by Crippen LogP contribution is -2.44. The predicted molar refractivity (Wildman–Crippen MR) is 125 cm³/mol. The summed E-state index contributed by atoms with van der Waals surface area (Å²) < 4.78 is 0. The molecule has 1 fully saturated rings. The second kappa shape index (κ2) is 12.2. The molecule has 0 heterocycles. The van der Waals surface area contributed by atoms with Crippen molar-refractivity contribution < 1.29 is 4.79 Å². The molecule has 0 spiro atoms. The molecule has 2 rings (SSSR count). The van der Waals surface area contributed by atoms with E-state index in [1.165, 1.54) is 25.7 Å². The summed E-state index contributed by atoms with van der Waals surface area (Å²) in [7, 11) is 0. The molecule has 152 valence electrons. The summed E-state index contributed by atoms with van der Waals surface area (Å²) >= 11 is 0. The van der Waals surface area contributed by atoms with Crippen molar-refractivity contribution in [2.45, 2.75) is 66.0 Å². The van der Waals surface area contributed by atoms with E-state index >= 15 is 0 Å². The van der Waals surface area contributed by atoms with Gasteiger partial charge in [-0.25, -0.2) is 4.99 Å². The lowest BCUT2D eigenvalue weighted by molar-refractivity contribution is -0.118. The van der Waals surface area contributed by atoms with E-state index in [0.29, 0.717) is 12.6 Å². The van der Waals surface area contributed by atoms with E-state index in [1.807, 2.05) is 38.1 Å². The van der Waals surface area contributed by atoms with Crippen LogP contribution in [0.3, 0.4) is 0 Å². The minimum atomic E-state index is -0.0178. The van der Waals surface area contributed by atoms with Crippen molar-refractivity contribution in [3.8, 4) is 0 Å². The van der Waals surface area contributed by atoms with Gasteiger partial charge >= 0.3 is 0 Å². The SMILES string of the molecule is CCNC(=NCc1ccc(NC(=O)C(C)C)cc1)NC1CCC(C)CC1.I. The summed E-state index contributed by atoms with van der Waals surface area (Å²) in [6, 6.07) is 8.44. The van der Waals surface area contributed by atoms with Crippen molar-refractivity contribution in [1.29, 1.82) is 0 Å². The molecule has 6 heteroatoms. The molecule has 0 unspecified atom stereocenters. The maximum atomic E-state index is 11.7. The topological polar surface area (TPSA) is 65.5 Å². The summed E-state index contributed by atoms with van der Waals surface area (Å²) in [5.41, 5.74) is 1.96. The molecule has 1 aromatic rings. The van der Waals surface area contributed by atoms with E-state index in [2.05, 4.69) is 29.8 Å². The number of guanidine groups is 1. The van der Waals surface area contributed by atoms with Gasteiger partial charge in [-0.3, -0.25) is 4.79 Å². The summed E-state index contributed by atoms with van der Waals surface area (Å²) in [6.07, 6.45) is 5.02. The highest BCUT2D eigenvalue weighted by Gasteiger charge is 2.18. The van der Waals surface area contributed by atoms with Crippen molar-refractivity contribution in [2.24, 2.45) is 16.8 Å². The van der Waals surface area contributed by atoms with Crippen LogP contribution in [-0.4, -0.2) is 24.5 Å². The second-order valence-corrected chi connectivity index (χ2v) is 7.64. The van der Waals surface area contributed by atoms with Crippen LogP contribution in [-0.2, 0) is 11.3 Å². The zero-order valence-corrected chi connectivity index (χ0v) is 19.4. The lowest BCUT2D eigenvalue weighted by Gasteiger charge is -2.28. The van der Waals surface area contributed by atoms with Gasteiger partial charge in [-0.05, 0) is 56.2 Å². The molecule has 0 bridgehead atoms. The standard InChI is InChI=1S/C21H34N4O.HI/c1-5-22-21(25-19-10-6-16(4)7-11-19)23-14-17-8-12-18(13-9-17)24-20(26)15(2)3;/h8-9,12-13,15-16,19H,5-7,10-11,14H2,1-4H3,(H,24,26)(H2,22,23,25);1H. The van der Waals surface area contributed by atoms with E-state index in [-0.39, 0.29) is 35.8 Å². The zero-order chi connectivity index (χ0) is 18.9. The third-order valence-corrected chi connectivity index (χ3v) is 4.87. The molecule has 0 aromatic heterocycles. The number of aliphatic imine (C=N–C) groups is 1. The van der Waals surface area contributed by atoms with Crippen molar-refractivity contribution >= 4 is 41.5 Å². The average Bonchev–Trinajstić information content (AvgIpc) is 2.63. The summed E-state index contributed by atoms with van der Waals surface area (Å²) in [4.78, 5) is 16.5. The van der Waals surface area contributed by atoms with Gasteiger partial charge in [0.2, 0.25) is 5.91 Å². The Kier molecular flexibility index (Phi) is 10.7. The minimum absolute atomic E-state index is 0. The third-order valence-electron chi connectivity index (χ3n) is 4.87. The number of carbonyl (C=O) groups excluding carboxylic acids is 1. The molecule has 0 atom stereocenters. The Bertz CT molecular complexity index is 593. The van der Waals surface area contributed by atoms with Gasteiger partial charge in [0.05, 0.1) is 6.54 Å². The van der Waals surface area contributed by atoms with Crippen LogP contribution in [0.25, 0.3) is 0 Å². The molecular weight excluding hydrogens is 451 g/mol. The highest BCUT2D eigenvalue weighted by atomic mass is 127. The van der Waals surface area contributed by atoms with E-state index in [0.717, 1.165) is 29.7 Å². The fourth-order valence-corrected chi connectivity index (χ4v) is 3.07. The number of benzene rings is 1. The van der Waals surface area contributed by atoms with Crippen molar-refractivity contribution in [2.75, 3.05) is 11.9 Å². The molecule has 1 aliphatic carbocycles. The maximum absolute atomic E-state index is 11.7. The van der Waals surface area contributed by atoms with Crippen LogP contribution >= 0.6 is 24.0 Å². The number of nitrogens with zero attached hydrogens (tertiary/aromatic N) is 1. The first-order chi connectivity index (χ1) is 12.5. The second-order valence-electron chi connectivity index (χ2n) is 7.64. The number of carbonyl (C=O) groups is 1. The van der Waals surface area contributed by atoms with Crippen LogP contribution in [0.15, 0.2) is 29.3 Å². The molecule has 3 N–H and O–H groups in total. The predicted octanol–water partition coefficient (Wildman–Crippen LogP) is 4.53. The van der Waals surface area contributed by atoms with Crippen LogP contribution in [0.4, 0.5) is 5.69 Å². The van der Waals surface area contributed by atoms with E-state index in [4.69, 9.17) is 4.99 Å². The van der Waals surface area contributed by atoms with Crippen LogP contribution < -0.4 is 16.0 Å². The van der Waals surface area contributed by atoms with Gasteiger partial charge in [0.1, 0.15) is 0 Å².